The predicted molar refractivity (Wildman–Crippen MR) is 87.7 cm³/mol. The third kappa shape index (κ3) is 3.92. The largest absolute Gasteiger partial charge is 0.497 e. The highest BCUT2D eigenvalue weighted by Gasteiger charge is 2.15. The Morgan fingerprint density at radius 3 is 2.52 bits per heavy atom. The van der Waals surface area contributed by atoms with Crippen LogP contribution in [-0.2, 0) is 0 Å². The first-order valence-electron chi connectivity index (χ1n) is 7.11. The molecular formula is C15H22N4OS. The second-order valence-electron chi connectivity index (χ2n) is 5.08. The zero-order valence-corrected chi connectivity index (χ0v) is 13.6. The van der Waals surface area contributed by atoms with Crippen LogP contribution in [0.4, 0.5) is 10.8 Å². The number of benzene rings is 1. The molecule has 0 radical (unpaired) electrons. The Kier molecular flexibility index (Phi) is 5.52. The van der Waals surface area contributed by atoms with Gasteiger partial charge in [0.15, 0.2) is 0 Å². The number of rotatable bonds is 7. The Morgan fingerprint density at radius 1 is 1.29 bits per heavy atom. The first kappa shape index (κ1) is 15.7. The maximum atomic E-state index is 5.65. The minimum absolute atomic E-state index is 0.335. The Labute approximate surface area is 129 Å². The van der Waals surface area contributed by atoms with E-state index in [9.17, 15) is 0 Å². The van der Waals surface area contributed by atoms with Gasteiger partial charge in [-0.2, -0.15) is 4.37 Å². The molecule has 0 saturated carbocycles. The van der Waals surface area contributed by atoms with E-state index in [4.69, 9.17) is 10.5 Å². The Balaban J connectivity index is 2.27. The van der Waals surface area contributed by atoms with Crippen LogP contribution in [-0.4, -0.2) is 29.6 Å². The number of anilines is 2. The average Bonchev–Trinajstić information content (AvgIpc) is 2.98. The van der Waals surface area contributed by atoms with Crippen molar-refractivity contribution < 1.29 is 4.74 Å². The Morgan fingerprint density at radius 2 is 2.00 bits per heavy atom. The zero-order valence-electron chi connectivity index (χ0n) is 12.7. The number of nitrogens with two attached hydrogens (primary N) is 1. The van der Waals surface area contributed by atoms with Crippen LogP contribution >= 0.6 is 11.5 Å². The van der Waals surface area contributed by atoms with Crippen LogP contribution in [0, 0.1) is 0 Å². The Hall–Kier alpha value is -1.66. The fraction of sp³-hybridized carbons (Fsp3) is 0.467. The summed E-state index contributed by atoms with van der Waals surface area (Å²) in [5, 5.41) is 0.914. The lowest BCUT2D eigenvalue weighted by Crippen LogP contribution is -2.20. The molecule has 1 aromatic carbocycles. The van der Waals surface area contributed by atoms with Crippen molar-refractivity contribution in [2.45, 2.75) is 26.2 Å². The highest BCUT2D eigenvalue weighted by Crippen LogP contribution is 2.29. The van der Waals surface area contributed by atoms with Gasteiger partial charge in [-0.15, -0.1) is 0 Å². The van der Waals surface area contributed by atoms with E-state index in [0.717, 1.165) is 35.4 Å². The summed E-state index contributed by atoms with van der Waals surface area (Å²) in [6.45, 7) is 5.69. The fourth-order valence-corrected chi connectivity index (χ4v) is 2.77. The van der Waals surface area contributed by atoms with Gasteiger partial charge < -0.3 is 15.4 Å². The van der Waals surface area contributed by atoms with Gasteiger partial charge in [0.1, 0.15) is 11.6 Å². The van der Waals surface area contributed by atoms with E-state index < -0.39 is 0 Å². The number of ether oxygens (including phenoxy) is 1. The van der Waals surface area contributed by atoms with Crippen molar-refractivity contribution in [3.8, 4) is 5.75 Å². The number of methoxy groups -OCH3 is 1. The fourth-order valence-electron chi connectivity index (χ4n) is 1.92. The number of aromatic nitrogens is 2. The topological polar surface area (TPSA) is 64.3 Å². The molecule has 21 heavy (non-hydrogen) atoms. The SMILES string of the molecule is COc1ccc(N(CCCN)c2nc(C(C)C)ns2)cc1. The Bertz CT molecular complexity index is 553. The quantitative estimate of drug-likeness (QED) is 0.851. The maximum Gasteiger partial charge on any atom is 0.209 e. The maximum absolute atomic E-state index is 5.65. The monoisotopic (exact) mass is 306 g/mol. The van der Waals surface area contributed by atoms with Crippen molar-refractivity contribution >= 4 is 22.4 Å². The molecule has 0 aliphatic rings. The third-order valence-electron chi connectivity index (χ3n) is 3.15. The van der Waals surface area contributed by atoms with Crippen molar-refractivity contribution in [1.29, 1.82) is 0 Å². The number of nitrogens with zero attached hydrogens (tertiary/aromatic N) is 3. The molecular weight excluding hydrogens is 284 g/mol. The molecule has 0 atom stereocenters. The van der Waals surface area contributed by atoms with E-state index in [0.29, 0.717) is 12.5 Å². The molecule has 0 fully saturated rings. The standard InChI is InChI=1S/C15H22N4OS/c1-11(2)14-17-15(21-18-14)19(10-4-9-16)12-5-7-13(20-3)8-6-12/h5-8,11H,4,9-10,16H2,1-3H3. The van der Waals surface area contributed by atoms with Crippen molar-refractivity contribution in [2.75, 3.05) is 25.1 Å². The molecule has 6 heteroatoms. The van der Waals surface area contributed by atoms with Gasteiger partial charge in [0.25, 0.3) is 0 Å². The second-order valence-corrected chi connectivity index (χ2v) is 5.81. The van der Waals surface area contributed by atoms with Crippen LogP contribution in [0.3, 0.4) is 0 Å². The highest BCUT2D eigenvalue weighted by atomic mass is 32.1. The molecule has 0 bridgehead atoms. The summed E-state index contributed by atoms with van der Waals surface area (Å²) in [5.74, 6) is 2.07. The molecule has 0 aliphatic carbocycles. The minimum atomic E-state index is 0.335. The van der Waals surface area contributed by atoms with E-state index in [1.807, 2.05) is 24.3 Å². The second kappa shape index (κ2) is 7.38. The smallest absolute Gasteiger partial charge is 0.209 e. The van der Waals surface area contributed by atoms with Gasteiger partial charge in [-0.3, -0.25) is 0 Å². The third-order valence-corrected chi connectivity index (χ3v) is 3.90. The summed E-state index contributed by atoms with van der Waals surface area (Å²) >= 11 is 1.43. The molecule has 0 unspecified atom stereocenters. The predicted octanol–water partition coefficient (Wildman–Crippen LogP) is 3.16. The van der Waals surface area contributed by atoms with Gasteiger partial charge in [0.2, 0.25) is 5.13 Å². The van der Waals surface area contributed by atoms with Crippen molar-refractivity contribution in [3.05, 3.63) is 30.1 Å². The number of hydrogen-bond acceptors (Lipinski definition) is 6. The van der Waals surface area contributed by atoms with Crippen LogP contribution in [0.2, 0.25) is 0 Å². The molecule has 114 valence electrons. The molecule has 2 rings (SSSR count). The molecule has 1 heterocycles. The van der Waals surface area contributed by atoms with Gasteiger partial charge >= 0.3 is 0 Å². The van der Waals surface area contributed by atoms with Crippen molar-refractivity contribution in [3.63, 3.8) is 0 Å². The molecule has 0 saturated heterocycles. The van der Waals surface area contributed by atoms with Crippen LogP contribution < -0.4 is 15.4 Å². The normalized spacial score (nSPS) is 10.9. The van der Waals surface area contributed by atoms with Crippen LogP contribution in [0.5, 0.6) is 5.75 Å². The van der Waals surface area contributed by atoms with E-state index in [1.54, 1.807) is 7.11 Å². The summed E-state index contributed by atoms with van der Waals surface area (Å²) in [4.78, 5) is 6.81. The van der Waals surface area contributed by atoms with Gasteiger partial charge in [-0.1, -0.05) is 13.8 Å². The first-order valence-corrected chi connectivity index (χ1v) is 7.88. The van der Waals surface area contributed by atoms with E-state index >= 15 is 0 Å². The molecule has 2 aromatic rings. The van der Waals surface area contributed by atoms with E-state index in [2.05, 4.69) is 28.1 Å². The molecule has 5 nitrogen and oxygen atoms in total. The van der Waals surface area contributed by atoms with Crippen LogP contribution in [0.1, 0.15) is 32.0 Å². The molecule has 2 N–H and O–H groups in total. The summed E-state index contributed by atoms with van der Waals surface area (Å²) in [7, 11) is 1.67. The molecule has 1 aromatic heterocycles. The first-order chi connectivity index (χ1) is 10.2. The number of hydrogen-bond donors (Lipinski definition) is 1. The average molecular weight is 306 g/mol. The summed E-state index contributed by atoms with van der Waals surface area (Å²) in [6.07, 6.45) is 0.905. The summed E-state index contributed by atoms with van der Waals surface area (Å²) in [6, 6.07) is 7.97. The van der Waals surface area contributed by atoms with Gasteiger partial charge in [-0.25, -0.2) is 4.98 Å². The molecule has 0 spiro atoms. The lowest BCUT2D eigenvalue weighted by molar-refractivity contribution is 0.415. The molecule has 0 aliphatic heterocycles. The van der Waals surface area contributed by atoms with Gasteiger partial charge in [-0.05, 0) is 37.2 Å². The van der Waals surface area contributed by atoms with Crippen LogP contribution in [0.25, 0.3) is 0 Å². The zero-order chi connectivity index (χ0) is 15.2. The van der Waals surface area contributed by atoms with E-state index in [-0.39, 0.29) is 0 Å². The van der Waals surface area contributed by atoms with Crippen molar-refractivity contribution in [1.82, 2.24) is 9.36 Å². The van der Waals surface area contributed by atoms with Gasteiger partial charge in [0, 0.05) is 29.7 Å². The van der Waals surface area contributed by atoms with E-state index in [1.165, 1.54) is 11.5 Å². The van der Waals surface area contributed by atoms with Crippen LogP contribution in [0.15, 0.2) is 24.3 Å². The summed E-state index contributed by atoms with van der Waals surface area (Å²) < 4.78 is 9.64. The lowest BCUT2D eigenvalue weighted by Gasteiger charge is -2.21. The van der Waals surface area contributed by atoms with Crippen molar-refractivity contribution in [2.24, 2.45) is 5.73 Å². The van der Waals surface area contributed by atoms with Gasteiger partial charge in [0.05, 0.1) is 7.11 Å². The summed E-state index contributed by atoms with van der Waals surface area (Å²) in [5.41, 5.74) is 6.73. The molecule has 0 amide bonds. The highest BCUT2D eigenvalue weighted by molar-refractivity contribution is 7.09. The lowest BCUT2D eigenvalue weighted by atomic mass is 10.2. The minimum Gasteiger partial charge on any atom is -0.497 e.